The summed E-state index contributed by atoms with van der Waals surface area (Å²) in [5.41, 5.74) is 0.606. The summed E-state index contributed by atoms with van der Waals surface area (Å²) in [4.78, 5) is 15.8. The van der Waals surface area contributed by atoms with Crippen molar-refractivity contribution in [2.45, 2.75) is 46.0 Å². The average molecular weight is 327 g/mol. The van der Waals surface area contributed by atoms with E-state index in [2.05, 4.69) is 40.1 Å². The first-order valence-electron chi connectivity index (χ1n) is 6.98. The molecule has 0 fully saturated rings. The molecule has 0 radical (unpaired) electrons. The molecule has 0 aliphatic heterocycles. The van der Waals surface area contributed by atoms with Gasteiger partial charge in [-0.25, -0.2) is 0 Å². The van der Waals surface area contributed by atoms with Gasteiger partial charge in [-0.15, -0.1) is 0 Å². The SMILES string of the molecule is CC(C)CCCCCCNC(=O)c1cncc(Br)c1. The van der Waals surface area contributed by atoms with Crippen LogP contribution in [-0.2, 0) is 0 Å². The summed E-state index contributed by atoms with van der Waals surface area (Å²) >= 11 is 3.31. The first-order chi connectivity index (χ1) is 9.09. The minimum absolute atomic E-state index is 0.0454. The fourth-order valence-electron chi connectivity index (χ4n) is 1.87. The topological polar surface area (TPSA) is 42.0 Å². The number of hydrogen-bond donors (Lipinski definition) is 1. The summed E-state index contributed by atoms with van der Waals surface area (Å²) in [7, 11) is 0. The average Bonchev–Trinajstić information content (AvgIpc) is 2.37. The van der Waals surface area contributed by atoms with Gasteiger partial charge in [-0.05, 0) is 34.3 Å². The highest BCUT2D eigenvalue weighted by Gasteiger charge is 2.05. The van der Waals surface area contributed by atoms with Crippen molar-refractivity contribution in [3.63, 3.8) is 0 Å². The zero-order valence-electron chi connectivity index (χ0n) is 11.8. The van der Waals surface area contributed by atoms with E-state index in [1.807, 2.05) is 0 Å². The van der Waals surface area contributed by atoms with E-state index in [0.717, 1.165) is 23.4 Å². The molecule has 1 rings (SSSR count). The Morgan fingerprint density at radius 2 is 2.00 bits per heavy atom. The minimum Gasteiger partial charge on any atom is -0.352 e. The number of nitrogens with zero attached hydrogens (tertiary/aromatic N) is 1. The summed E-state index contributed by atoms with van der Waals surface area (Å²) < 4.78 is 0.828. The number of carbonyl (C=O) groups excluding carboxylic acids is 1. The van der Waals surface area contributed by atoms with Crippen LogP contribution in [0.1, 0.15) is 56.3 Å². The Kier molecular flexibility index (Phi) is 7.72. The van der Waals surface area contributed by atoms with Gasteiger partial charge in [-0.1, -0.05) is 39.5 Å². The van der Waals surface area contributed by atoms with Crippen LogP contribution in [0.25, 0.3) is 0 Å². The van der Waals surface area contributed by atoms with Crippen LogP contribution in [0.15, 0.2) is 22.9 Å². The maximum Gasteiger partial charge on any atom is 0.252 e. The molecule has 0 saturated heterocycles. The van der Waals surface area contributed by atoms with Gasteiger partial charge in [0, 0.05) is 23.4 Å². The quantitative estimate of drug-likeness (QED) is 0.728. The monoisotopic (exact) mass is 326 g/mol. The molecule has 1 aromatic heterocycles. The Balaban J connectivity index is 2.11. The number of pyridine rings is 1. The molecule has 1 amide bonds. The maximum atomic E-state index is 11.8. The second kappa shape index (κ2) is 9.08. The third kappa shape index (κ3) is 7.31. The molecule has 3 nitrogen and oxygen atoms in total. The number of rotatable bonds is 8. The number of amides is 1. The van der Waals surface area contributed by atoms with Crippen LogP contribution in [0, 0.1) is 5.92 Å². The minimum atomic E-state index is -0.0454. The predicted octanol–water partition coefficient (Wildman–Crippen LogP) is 4.18. The molecular formula is C15H23BrN2O. The highest BCUT2D eigenvalue weighted by molar-refractivity contribution is 9.10. The molecule has 0 spiro atoms. The van der Waals surface area contributed by atoms with E-state index in [1.165, 1.54) is 25.7 Å². The molecule has 1 heterocycles. The van der Waals surface area contributed by atoms with Gasteiger partial charge >= 0.3 is 0 Å². The normalized spacial score (nSPS) is 10.7. The van der Waals surface area contributed by atoms with E-state index in [1.54, 1.807) is 18.5 Å². The van der Waals surface area contributed by atoms with Crippen LogP contribution in [-0.4, -0.2) is 17.4 Å². The Bertz CT molecular complexity index is 393. The van der Waals surface area contributed by atoms with Gasteiger partial charge in [0.2, 0.25) is 0 Å². The fraction of sp³-hybridized carbons (Fsp3) is 0.600. The lowest BCUT2D eigenvalue weighted by Crippen LogP contribution is -2.24. The number of hydrogen-bond acceptors (Lipinski definition) is 2. The van der Waals surface area contributed by atoms with Crippen molar-refractivity contribution in [1.82, 2.24) is 10.3 Å². The molecule has 4 heteroatoms. The summed E-state index contributed by atoms with van der Waals surface area (Å²) in [6.45, 7) is 5.26. The second-order valence-corrected chi connectivity index (χ2v) is 6.16. The van der Waals surface area contributed by atoms with Crippen LogP contribution in [0.4, 0.5) is 0 Å². The smallest absolute Gasteiger partial charge is 0.252 e. The molecule has 106 valence electrons. The van der Waals surface area contributed by atoms with Gasteiger partial charge in [-0.3, -0.25) is 9.78 Å². The lowest BCUT2D eigenvalue weighted by atomic mass is 10.0. The van der Waals surface area contributed by atoms with Crippen molar-refractivity contribution in [2.75, 3.05) is 6.54 Å². The Labute approximate surface area is 124 Å². The molecule has 1 N–H and O–H groups in total. The molecule has 0 aliphatic carbocycles. The first kappa shape index (κ1) is 16.2. The third-order valence-electron chi connectivity index (χ3n) is 2.96. The van der Waals surface area contributed by atoms with E-state index in [0.29, 0.717) is 5.56 Å². The van der Waals surface area contributed by atoms with Crippen molar-refractivity contribution < 1.29 is 4.79 Å². The summed E-state index contributed by atoms with van der Waals surface area (Å²) in [6, 6.07) is 1.78. The standard InChI is InChI=1S/C15H23BrN2O/c1-12(2)7-5-3-4-6-8-18-15(19)13-9-14(16)11-17-10-13/h9-12H,3-8H2,1-2H3,(H,18,19). The molecule has 0 saturated carbocycles. The highest BCUT2D eigenvalue weighted by Crippen LogP contribution is 2.10. The molecule has 0 atom stereocenters. The molecule has 0 unspecified atom stereocenters. The van der Waals surface area contributed by atoms with Gasteiger partial charge in [0.05, 0.1) is 5.56 Å². The van der Waals surface area contributed by atoms with Crippen LogP contribution in [0.5, 0.6) is 0 Å². The van der Waals surface area contributed by atoms with Crippen LogP contribution >= 0.6 is 15.9 Å². The Hall–Kier alpha value is -0.900. The lowest BCUT2D eigenvalue weighted by molar-refractivity contribution is 0.0952. The van der Waals surface area contributed by atoms with Gasteiger partial charge in [0.25, 0.3) is 5.91 Å². The van der Waals surface area contributed by atoms with E-state index in [9.17, 15) is 4.79 Å². The van der Waals surface area contributed by atoms with E-state index in [4.69, 9.17) is 0 Å². The van der Waals surface area contributed by atoms with Crippen molar-refractivity contribution in [1.29, 1.82) is 0 Å². The Morgan fingerprint density at radius 3 is 2.68 bits per heavy atom. The maximum absolute atomic E-state index is 11.8. The molecule has 0 bridgehead atoms. The van der Waals surface area contributed by atoms with Crippen LogP contribution < -0.4 is 5.32 Å². The van der Waals surface area contributed by atoms with Crippen molar-refractivity contribution in [3.8, 4) is 0 Å². The zero-order valence-corrected chi connectivity index (χ0v) is 13.4. The third-order valence-corrected chi connectivity index (χ3v) is 3.39. The first-order valence-corrected chi connectivity index (χ1v) is 7.77. The second-order valence-electron chi connectivity index (χ2n) is 5.24. The van der Waals surface area contributed by atoms with Crippen molar-refractivity contribution in [2.24, 2.45) is 5.92 Å². The number of aromatic nitrogens is 1. The summed E-state index contributed by atoms with van der Waals surface area (Å²) in [6.07, 6.45) is 9.34. The summed E-state index contributed by atoms with van der Waals surface area (Å²) in [5.74, 6) is 0.750. The molecule has 0 aliphatic rings. The molecular weight excluding hydrogens is 304 g/mol. The van der Waals surface area contributed by atoms with Gasteiger partial charge in [0.15, 0.2) is 0 Å². The Morgan fingerprint density at radius 1 is 1.26 bits per heavy atom. The number of carbonyl (C=O) groups is 1. The number of halogens is 1. The predicted molar refractivity (Wildman–Crippen MR) is 82.2 cm³/mol. The van der Waals surface area contributed by atoms with Crippen molar-refractivity contribution in [3.05, 3.63) is 28.5 Å². The molecule has 0 aromatic carbocycles. The summed E-state index contributed by atoms with van der Waals surface area (Å²) in [5, 5.41) is 2.93. The lowest BCUT2D eigenvalue weighted by Gasteiger charge is -2.06. The number of nitrogens with one attached hydrogen (secondary N) is 1. The largest absolute Gasteiger partial charge is 0.352 e. The van der Waals surface area contributed by atoms with Gasteiger partial charge in [0.1, 0.15) is 0 Å². The van der Waals surface area contributed by atoms with Gasteiger partial charge < -0.3 is 5.32 Å². The van der Waals surface area contributed by atoms with E-state index in [-0.39, 0.29) is 5.91 Å². The van der Waals surface area contributed by atoms with E-state index >= 15 is 0 Å². The van der Waals surface area contributed by atoms with E-state index < -0.39 is 0 Å². The fourth-order valence-corrected chi connectivity index (χ4v) is 2.24. The van der Waals surface area contributed by atoms with Gasteiger partial charge in [-0.2, -0.15) is 0 Å². The molecule has 19 heavy (non-hydrogen) atoms. The van der Waals surface area contributed by atoms with Crippen molar-refractivity contribution >= 4 is 21.8 Å². The number of unbranched alkanes of at least 4 members (excludes halogenated alkanes) is 3. The molecule has 1 aromatic rings. The van der Waals surface area contributed by atoms with Crippen LogP contribution in [0.2, 0.25) is 0 Å². The zero-order chi connectivity index (χ0) is 14.1. The van der Waals surface area contributed by atoms with Crippen LogP contribution in [0.3, 0.4) is 0 Å². The highest BCUT2D eigenvalue weighted by atomic mass is 79.9.